The van der Waals surface area contributed by atoms with Crippen LogP contribution in [0.15, 0.2) is 48.5 Å². The Kier molecular flexibility index (Phi) is 13.2. The molecule has 0 saturated heterocycles. The molecule has 0 nitrogen and oxygen atoms in total. The summed E-state index contributed by atoms with van der Waals surface area (Å²) in [5.74, 6) is 0. The van der Waals surface area contributed by atoms with Crippen molar-refractivity contribution >= 4 is 70.0 Å². The van der Waals surface area contributed by atoms with Gasteiger partial charge in [-0.15, -0.1) is 13.1 Å². The van der Waals surface area contributed by atoms with E-state index >= 15 is 0 Å². The van der Waals surface area contributed by atoms with E-state index in [4.69, 9.17) is 0 Å². The molecule has 2 aromatic rings. The van der Waals surface area contributed by atoms with Crippen molar-refractivity contribution in [2.24, 2.45) is 0 Å². The van der Waals surface area contributed by atoms with Crippen molar-refractivity contribution < 1.29 is 0 Å². The topological polar surface area (TPSA) is 0 Å². The first-order valence-electron chi connectivity index (χ1n) is 17.5. The lowest BCUT2D eigenvalue weighted by Crippen LogP contribution is -2.58. The van der Waals surface area contributed by atoms with E-state index in [2.05, 4.69) is 182 Å². The maximum Gasteiger partial charge on any atom is 0.0993 e. The maximum absolute atomic E-state index is 2.79. The molecule has 0 heterocycles. The molecule has 0 fully saturated rings. The highest BCUT2D eigenvalue weighted by molar-refractivity contribution is 8.39. The van der Waals surface area contributed by atoms with Gasteiger partial charge in [-0.1, -0.05) is 193 Å². The molecule has 0 aromatic heterocycles. The van der Waals surface area contributed by atoms with Gasteiger partial charge in [0.25, 0.3) is 0 Å². The van der Waals surface area contributed by atoms with Crippen LogP contribution in [0, 0.1) is 0 Å². The first-order chi connectivity index (χ1) is 19.7. The number of rotatable bonds is 13. The minimum atomic E-state index is -1.75. The Hall–Kier alpha value is 0.601. The lowest BCUT2D eigenvalue weighted by atomic mass is 10.1. The Bertz CT molecular complexity index is 1230. The van der Waals surface area contributed by atoms with Crippen LogP contribution >= 0.6 is 13.1 Å². The fourth-order valence-corrected chi connectivity index (χ4v) is 163. The van der Waals surface area contributed by atoms with Crippen LogP contribution in [-0.4, -0.2) is 46.4 Å². The van der Waals surface area contributed by atoms with E-state index in [0.717, 1.165) is 22.2 Å². The SMILES string of the molecule is CC(C)[Si](C)(C)P([Si](C)(C)C)[Si](C)(C)c1cccc(-c2cccc([Si](C)(C)P([Si](C)(C)C)[Si](C(C)C)(C(C)C)C(C)C)c2)c1. The molecule has 0 amide bonds. The summed E-state index contributed by atoms with van der Waals surface area (Å²) in [5, 5.41) is 3.43. The summed E-state index contributed by atoms with van der Waals surface area (Å²) >= 11 is 0. The van der Waals surface area contributed by atoms with Gasteiger partial charge in [-0.3, -0.25) is 0 Å². The highest BCUT2D eigenvalue weighted by Gasteiger charge is 2.58. The summed E-state index contributed by atoms with van der Waals surface area (Å²) in [6, 6.07) is 20.1. The average molecular weight is 735 g/mol. The molecule has 250 valence electrons. The van der Waals surface area contributed by atoms with Crippen molar-refractivity contribution in [3.05, 3.63) is 48.5 Å². The van der Waals surface area contributed by atoms with E-state index < -0.39 is 46.4 Å². The summed E-state index contributed by atoms with van der Waals surface area (Å²) < 4.78 is 0. The van der Waals surface area contributed by atoms with Crippen LogP contribution in [0.5, 0.6) is 0 Å². The second-order valence-electron chi connectivity index (χ2n) is 18.5. The standard InChI is InChI=1S/C36H72P2Si6/c1-29(2)41(15,16)37(39(9,10)11)42(17,18)35-25-21-23-33(27-35)34-24-22-26-36(28-34)43(19,20)38(40(12,13)14)44(30(3)4,31(5)6)32(7)8/h21-32H,1-20H3. The quantitative estimate of drug-likeness (QED) is 0.142. The number of hydrogen-bond donors (Lipinski definition) is 0. The summed E-state index contributed by atoms with van der Waals surface area (Å²) in [6.45, 7) is 53.6. The zero-order chi connectivity index (χ0) is 34.4. The fourth-order valence-electron chi connectivity index (χ4n) is 9.78. The van der Waals surface area contributed by atoms with Crippen molar-refractivity contribution in [2.45, 2.75) is 156 Å². The minimum absolute atomic E-state index is 0.000829. The highest BCUT2D eigenvalue weighted by atomic mass is 31.8. The summed E-state index contributed by atoms with van der Waals surface area (Å²) in [7, 11) is -9.09. The molecule has 0 aliphatic carbocycles. The zero-order valence-electron chi connectivity index (χ0n) is 32.8. The Balaban J connectivity index is 2.78. The molecule has 0 radical (unpaired) electrons. The van der Waals surface area contributed by atoms with E-state index in [1.165, 1.54) is 11.1 Å². The van der Waals surface area contributed by atoms with Gasteiger partial charge >= 0.3 is 0 Å². The number of benzene rings is 2. The van der Waals surface area contributed by atoms with Crippen molar-refractivity contribution in [1.29, 1.82) is 0 Å². The summed E-state index contributed by atoms with van der Waals surface area (Å²) in [4.78, 5) is 0. The van der Waals surface area contributed by atoms with Gasteiger partial charge in [0, 0.05) is 0 Å². The van der Waals surface area contributed by atoms with Crippen molar-refractivity contribution in [1.82, 2.24) is 0 Å². The largest absolute Gasteiger partial charge is 0.135 e. The highest BCUT2D eigenvalue weighted by Crippen LogP contribution is 2.71. The van der Waals surface area contributed by atoms with Crippen LogP contribution in [0.3, 0.4) is 0 Å². The average Bonchev–Trinajstić information content (AvgIpc) is 2.84. The molecule has 0 saturated carbocycles. The smallest absolute Gasteiger partial charge is 0.0993 e. The zero-order valence-corrected chi connectivity index (χ0v) is 40.6. The van der Waals surface area contributed by atoms with Gasteiger partial charge in [-0.05, 0) is 33.3 Å². The third kappa shape index (κ3) is 7.90. The lowest BCUT2D eigenvalue weighted by Gasteiger charge is -2.59. The van der Waals surface area contributed by atoms with E-state index in [-0.39, 0.29) is 13.1 Å². The molecule has 2 unspecified atom stereocenters. The molecule has 2 atom stereocenters. The Morgan fingerprint density at radius 2 is 0.750 bits per heavy atom. The van der Waals surface area contributed by atoms with Gasteiger partial charge in [0.1, 0.15) is 0 Å². The van der Waals surface area contributed by atoms with E-state index in [9.17, 15) is 0 Å². The number of hydrogen-bond acceptors (Lipinski definition) is 0. The molecule has 44 heavy (non-hydrogen) atoms. The third-order valence-corrected chi connectivity index (χ3v) is 120. The van der Waals surface area contributed by atoms with Gasteiger partial charge in [-0.25, -0.2) is 0 Å². The monoisotopic (exact) mass is 734 g/mol. The van der Waals surface area contributed by atoms with Crippen LogP contribution in [0.25, 0.3) is 11.1 Å². The van der Waals surface area contributed by atoms with Gasteiger partial charge in [0.05, 0.1) is 46.4 Å². The molecule has 2 aromatic carbocycles. The van der Waals surface area contributed by atoms with Crippen LogP contribution in [0.2, 0.25) is 101 Å². The lowest BCUT2D eigenvalue weighted by molar-refractivity contribution is 0.850. The first kappa shape index (κ1) is 40.8. The Morgan fingerprint density at radius 3 is 1.02 bits per heavy atom. The van der Waals surface area contributed by atoms with Crippen molar-refractivity contribution in [3.8, 4) is 11.1 Å². The van der Waals surface area contributed by atoms with Crippen LogP contribution in [-0.2, 0) is 0 Å². The molecule has 0 bridgehead atoms. The normalized spacial score (nSPS) is 15.9. The van der Waals surface area contributed by atoms with Crippen LogP contribution in [0.4, 0.5) is 0 Å². The van der Waals surface area contributed by atoms with Gasteiger partial charge in [-0.2, -0.15) is 0 Å². The molecule has 0 aliphatic heterocycles. The van der Waals surface area contributed by atoms with Gasteiger partial charge in [0.15, 0.2) is 0 Å². The van der Waals surface area contributed by atoms with Crippen molar-refractivity contribution in [3.63, 3.8) is 0 Å². The van der Waals surface area contributed by atoms with Gasteiger partial charge < -0.3 is 0 Å². The Morgan fingerprint density at radius 1 is 0.432 bits per heavy atom. The van der Waals surface area contributed by atoms with Gasteiger partial charge in [0.2, 0.25) is 0 Å². The summed E-state index contributed by atoms with van der Waals surface area (Å²) in [6.07, 6.45) is 0. The predicted molar refractivity (Wildman–Crippen MR) is 230 cm³/mol. The predicted octanol–water partition coefficient (Wildman–Crippen LogP) is 13.6. The second-order valence-corrected chi connectivity index (χ2v) is 82.2. The minimum Gasteiger partial charge on any atom is -0.135 e. The molecular weight excluding hydrogens is 663 g/mol. The van der Waals surface area contributed by atoms with E-state index in [1.807, 2.05) is 0 Å². The molecule has 2 rings (SSSR count). The third-order valence-electron chi connectivity index (χ3n) is 11.1. The molecule has 0 aliphatic rings. The van der Waals surface area contributed by atoms with Crippen molar-refractivity contribution in [2.75, 3.05) is 0 Å². The second kappa shape index (κ2) is 14.2. The maximum atomic E-state index is 2.79. The van der Waals surface area contributed by atoms with E-state index in [1.54, 1.807) is 10.4 Å². The van der Waals surface area contributed by atoms with Crippen LogP contribution in [0.1, 0.15) is 55.4 Å². The molecular formula is C36H72P2Si6. The Labute approximate surface area is 284 Å². The first-order valence-corrected chi connectivity index (χ1v) is 43.6. The summed E-state index contributed by atoms with van der Waals surface area (Å²) in [5.41, 5.74) is 6.27. The molecule has 8 heteroatoms. The molecule has 0 spiro atoms. The fraction of sp³-hybridized carbons (Fsp3) is 0.667. The van der Waals surface area contributed by atoms with E-state index in [0.29, 0.717) is 0 Å². The van der Waals surface area contributed by atoms with Crippen LogP contribution < -0.4 is 10.4 Å². The molecule has 0 N–H and O–H groups in total.